The smallest absolute Gasteiger partial charge is 0.234 e. The summed E-state index contributed by atoms with van der Waals surface area (Å²) in [7, 11) is 0. The highest BCUT2D eigenvalue weighted by Crippen LogP contribution is 2.17. The Labute approximate surface area is 157 Å². The van der Waals surface area contributed by atoms with Gasteiger partial charge in [0.15, 0.2) is 5.78 Å². The third-order valence-corrected chi connectivity index (χ3v) is 5.03. The Balaban J connectivity index is 1.72. The molecule has 0 bridgehead atoms. The van der Waals surface area contributed by atoms with Crippen molar-refractivity contribution < 1.29 is 9.59 Å². The lowest BCUT2D eigenvalue weighted by atomic mass is 10.1. The molecule has 1 fully saturated rings. The van der Waals surface area contributed by atoms with E-state index < -0.39 is 0 Å². The normalized spacial score (nSPS) is 16.3. The first kappa shape index (κ1) is 20.4. The fraction of sp³-hybridized carbons (Fsp3) is 0.619. The number of rotatable bonds is 9. The molecule has 0 radical (unpaired) electrons. The Hall–Kier alpha value is -1.88. The molecule has 1 aliphatic heterocycles. The van der Waals surface area contributed by atoms with Gasteiger partial charge in [0.1, 0.15) is 0 Å². The van der Waals surface area contributed by atoms with Gasteiger partial charge in [0.25, 0.3) is 0 Å². The Bertz CT molecular complexity index is 577. The number of nitrogens with zero attached hydrogens (tertiary/aromatic N) is 2. The molecule has 0 aromatic heterocycles. The predicted molar refractivity (Wildman–Crippen MR) is 107 cm³/mol. The van der Waals surface area contributed by atoms with E-state index in [2.05, 4.69) is 29.0 Å². The number of carbonyl (C=O) groups excluding carboxylic acids is 2. The molecule has 1 N–H and O–H groups in total. The van der Waals surface area contributed by atoms with Gasteiger partial charge in [-0.3, -0.25) is 14.5 Å². The van der Waals surface area contributed by atoms with Crippen molar-refractivity contribution in [2.24, 2.45) is 0 Å². The fourth-order valence-electron chi connectivity index (χ4n) is 3.37. The van der Waals surface area contributed by atoms with Crippen LogP contribution in [0.25, 0.3) is 0 Å². The summed E-state index contributed by atoms with van der Waals surface area (Å²) >= 11 is 0. The van der Waals surface area contributed by atoms with Crippen LogP contribution in [0.3, 0.4) is 0 Å². The lowest BCUT2D eigenvalue weighted by Gasteiger charge is -2.36. The van der Waals surface area contributed by atoms with Gasteiger partial charge >= 0.3 is 0 Å². The SMILES string of the molecule is CCCCC[C@H](C)NC(=O)CN1CCN(c2ccc(C(C)=O)cc2)CC1. The number of carbonyl (C=O) groups is 2. The summed E-state index contributed by atoms with van der Waals surface area (Å²) in [5.74, 6) is 0.226. The molecular formula is C21H33N3O2. The summed E-state index contributed by atoms with van der Waals surface area (Å²) in [6.45, 7) is 9.92. The van der Waals surface area contributed by atoms with E-state index in [0.29, 0.717) is 6.54 Å². The van der Waals surface area contributed by atoms with Crippen molar-refractivity contribution in [1.29, 1.82) is 0 Å². The van der Waals surface area contributed by atoms with Gasteiger partial charge in [0.05, 0.1) is 6.54 Å². The molecule has 2 rings (SSSR count). The van der Waals surface area contributed by atoms with Gasteiger partial charge in [-0.1, -0.05) is 26.2 Å². The maximum absolute atomic E-state index is 12.2. The van der Waals surface area contributed by atoms with Crippen LogP contribution in [0.15, 0.2) is 24.3 Å². The van der Waals surface area contributed by atoms with E-state index in [4.69, 9.17) is 0 Å². The summed E-state index contributed by atoms with van der Waals surface area (Å²) in [4.78, 5) is 28.1. The van der Waals surface area contributed by atoms with Crippen molar-refractivity contribution >= 4 is 17.4 Å². The van der Waals surface area contributed by atoms with Crippen LogP contribution in [0.4, 0.5) is 5.69 Å². The van der Waals surface area contributed by atoms with Crippen molar-refractivity contribution in [3.63, 3.8) is 0 Å². The zero-order chi connectivity index (χ0) is 18.9. The van der Waals surface area contributed by atoms with Gasteiger partial charge in [0, 0.05) is 43.5 Å². The van der Waals surface area contributed by atoms with E-state index in [9.17, 15) is 9.59 Å². The molecule has 1 heterocycles. The molecule has 1 saturated heterocycles. The molecule has 0 unspecified atom stereocenters. The third-order valence-electron chi connectivity index (χ3n) is 5.03. The number of hydrogen-bond acceptors (Lipinski definition) is 4. The number of nitrogens with one attached hydrogen (secondary N) is 1. The molecule has 1 atom stereocenters. The Morgan fingerprint density at radius 3 is 2.31 bits per heavy atom. The fourth-order valence-corrected chi connectivity index (χ4v) is 3.37. The molecule has 26 heavy (non-hydrogen) atoms. The molecule has 1 aliphatic rings. The number of anilines is 1. The number of unbranched alkanes of at least 4 members (excludes halogenated alkanes) is 2. The lowest BCUT2D eigenvalue weighted by molar-refractivity contribution is -0.123. The van der Waals surface area contributed by atoms with Crippen molar-refractivity contribution in [3.8, 4) is 0 Å². The van der Waals surface area contributed by atoms with E-state index in [1.807, 2.05) is 24.3 Å². The van der Waals surface area contributed by atoms with Crippen LogP contribution in [0, 0.1) is 0 Å². The summed E-state index contributed by atoms with van der Waals surface area (Å²) in [5.41, 5.74) is 1.89. The summed E-state index contributed by atoms with van der Waals surface area (Å²) < 4.78 is 0. The largest absolute Gasteiger partial charge is 0.369 e. The van der Waals surface area contributed by atoms with Gasteiger partial charge in [-0.05, 0) is 44.5 Å². The Kier molecular flexibility index (Phi) is 8.10. The van der Waals surface area contributed by atoms with Crippen LogP contribution >= 0.6 is 0 Å². The van der Waals surface area contributed by atoms with Crippen molar-refractivity contribution in [2.45, 2.75) is 52.5 Å². The number of hydrogen-bond donors (Lipinski definition) is 1. The molecule has 5 nitrogen and oxygen atoms in total. The summed E-state index contributed by atoms with van der Waals surface area (Å²) in [5, 5.41) is 3.12. The minimum absolute atomic E-state index is 0.0938. The third kappa shape index (κ3) is 6.45. The number of amides is 1. The molecule has 1 amide bonds. The highest BCUT2D eigenvalue weighted by Gasteiger charge is 2.20. The number of benzene rings is 1. The van der Waals surface area contributed by atoms with Gasteiger partial charge < -0.3 is 10.2 Å². The molecule has 1 aromatic carbocycles. The molecule has 144 valence electrons. The minimum atomic E-state index is 0.0938. The first-order chi connectivity index (χ1) is 12.5. The summed E-state index contributed by atoms with van der Waals surface area (Å²) in [6.07, 6.45) is 4.68. The highest BCUT2D eigenvalue weighted by atomic mass is 16.2. The highest BCUT2D eigenvalue weighted by molar-refractivity contribution is 5.94. The van der Waals surface area contributed by atoms with Crippen LogP contribution in [-0.4, -0.2) is 55.4 Å². The quantitative estimate of drug-likeness (QED) is 0.544. The molecular weight excluding hydrogens is 326 g/mol. The maximum Gasteiger partial charge on any atom is 0.234 e. The molecule has 1 aromatic rings. The second kappa shape index (κ2) is 10.3. The van der Waals surface area contributed by atoms with Gasteiger partial charge in [-0.25, -0.2) is 0 Å². The van der Waals surface area contributed by atoms with Crippen molar-refractivity contribution in [1.82, 2.24) is 10.2 Å². The van der Waals surface area contributed by atoms with Gasteiger partial charge in [-0.2, -0.15) is 0 Å². The second-order valence-corrected chi connectivity index (χ2v) is 7.33. The Morgan fingerprint density at radius 1 is 1.08 bits per heavy atom. The average molecular weight is 360 g/mol. The van der Waals surface area contributed by atoms with Crippen LogP contribution in [0.2, 0.25) is 0 Å². The van der Waals surface area contributed by atoms with Crippen LogP contribution in [0.1, 0.15) is 56.8 Å². The zero-order valence-electron chi connectivity index (χ0n) is 16.5. The number of Topliss-reactive ketones (excluding diaryl/α,β-unsaturated/α-hetero) is 1. The number of piperazine rings is 1. The molecule has 0 saturated carbocycles. The van der Waals surface area contributed by atoms with Crippen LogP contribution < -0.4 is 10.2 Å². The van der Waals surface area contributed by atoms with Gasteiger partial charge in [-0.15, -0.1) is 0 Å². The van der Waals surface area contributed by atoms with Gasteiger partial charge in [0.2, 0.25) is 5.91 Å². The minimum Gasteiger partial charge on any atom is -0.369 e. The van der Waals surface area contributed by atoms with Crippen molar-refractivity contribution in [2.75, 3.05) is 37.6 Å². The topological polar surface area (TPSA) is 52.7 Å². The average Bonchev–Trinajstić information content (AvgIpc) is 2.62. The van der Waals surface area contributed by atoms with E-state index in [1.165, 1.54) is 19.3 Å². The first-order valence-electron chi connectivity index (χ1n) is 9.87. The summed E-state index contributed by atoms with van der Waals surface area (Å²) in [6, 6.07) is 8.05. The molecule has 5 heteroatoms. The maximum atomic E-state index is 12.2. The standard InChI is InChI=1S/C21H33N3O2/c1-4-5-6-7-17(2)22-21(26)16-23-12-14-24(15-13-23)20-10-8-19(9-11-20)18(3)25/h8-11,17H,4-7,12-16H2,1-3H3,(H,22,26)/t17-/m0/s1. The van der Waals surface area contributed by atoms with E-state index >= 15 is 0 Å². The second-order valence-electron chi connectivity index (χ2n) is 7.33. The van der Waals surface area contributed by atoms with E-state index in [-0.39, 0.29) is 17.7 Å². The van der Waals surface area contributed by atoms with Crippen LogP contribution in [-0.2, 0) is 4.79 Å². The number of ketones is 1. The van der Waals surface area contributed by atoms with Crippen LogP contribution in [0.5, 0.6) is 0 Å². The van der Waals surface area contributed by atoms with Crippen molar-refractivity contribution in [3.05, 3.63) is 29.8 Å². The Morgan fingerprint density at radius 2 is 1.73 bits per heavy atom. The molecule has 0 spiro atoms. The van der Waals surface area contributed by atoms with E-state index in [1.54, 1.807) is 6.92 Å². The predicted octanol–water partition coefficient (Wildman–Crippen LogP) is 3.10. The lowest BCUT2D eigenvalue weighted by Crippen LogP contribution is -2.50. The monoisotopic (exact) mass is 359 g/mol. The van der Waals surface area contributed by atoms with E-state index in [0.717, 1.165) is 43.9 Å². The first-order valence-corrected chi connectivity index (χ1v) is 9.87. The zero-order valence-corrected chi connectivity index (χ0v) is 16.5. The molecule has 0 aliphatic carbocycles.